The highest BCUT2D eigenvalue weighted by Gasteiger charge is 2.34. The highest BCUT2D eigenvalue weighted by molar-refractivity contribution is 7.19. The van der Waals surface area contributed by atoms with Crippen molar-refractivity contribution in [3.8, 4) is 0 Å². The Bertz CT molecular complexity index is 750. The van der Waals surface area contributed by atoms with Crippen LogP contribution in [0.25, 0.3) is 0 Å². The maximum Gasteiger partial charge on any atom is 0.242 e. The van der Waals surface area contributed by atoms with Gasteiger partial charge in [-0.1, -0.05) is 18.3 Å². The summed E-state index contributed by atoms with van der Waals surface area (Å²) in [7, 11) is 0. The van der Waals surface area contributed by atoms with Gasteiger partial charge < -0.3 is 20.0 Å². The molecule has 0 radical (unpaired) electrons. The Morgan fingerprint density at radius 1 is 1.03 bits per heavy atom. The van der Waals surface area contributed by atoms with Crippen LogP contribution in [0.5, 0.6) is 0 Å². The van der Waals surface area contributed by atoms with Crippen molar-refractivity contribution in [1.29, 1.82) is 0 Å². The number of carbonyl (C=O) groups is 2. The first kappa shape index (κ1) is 22.4. The summed E-state index contributed by atoms with van der Waals surface area (Å²) in [5, 5.41) is 13.1. The number of aromatic nitrogens is 2. The van der Waals surface area contributed by atoms with Crippen molar-refractivity contribution < 1.29 is 9.59 Å². The SMILES string of the molecule is CCCN1CCN(CCCNC(=O)[C@H]2CCCN2c2nnc(N3CCCC3=O)s2)CC1. The molecule has 4 heterocycles. The average Bonchev–Trinajstić information content (AvgIpc) is 3.52. The monoisotopic (exact) mass is 449 g/mol. The Kier molecular flexibility index (Phi) is 7.73. The molecule has 9 nitrogen and oxygen atoms in total. The van der Waals surface area contributed by atoms with Gasteiger partial charge in [0, 0.05) is 52.2 Å². The molecule has 172 valence electrons. The summed E-state index contributed by atoms with van der Waals surface area (Å²) in [4.78, 5) is 33.6. The second-order valence-corrected chi connectivity index (χ2v) is 9.63. The van der Waals surface area contributed by atoms with Gasteiger partial charge >= 0.3 is 0 Å². The van der Waals surface area contributed by atoms with Crippen molar-refractivity contribution in [3.05, 3.63) is 0 Å². The lowest BCUT2D eigenvalue weighted by Gasteiger charge is -2.34. The van der Waals surface area contributed by atoms with E-state index in [0.29, 0.717) is 24.6 Å². The van der Waals surface area contributed by atoms with Crippen LogP contribution in [0, 0.1) is 0 Å². The van der Waals surface area contributed by atoms with E-state index in [0.717, 1.165) is 70.1 Å². The van der Waals surface area contributed by atoms with Gasteiger partial charge in [0.1, 0.15) is 6.04 Å². The third-order valence-electron chi connectivity index (χ3n) is 6.46. The molecule has 4 rings (SSSR count). The minimum atomic E-state index is -0.187. The van der Waals surface area contributed by atoms with Gasteiger partial charge in [-0.05, 0) is 45.2 Å². The van der Waals surface area contributed by atoms with Crippen LogP contribution >= 0.6 is 11.3 Å². The average molecular weight is 450 g/mol. The van der Waals surface area contributed by atoms with E-state index >= 15 is 0 Å². The quantitative estimate of drug-likeness (QED) is 0.567. The lowest BCUT2D eigenvalue weighted by molar-refractivity contribution is -0.122. The maximum atomic E-state index is 12.8. The number of rotatable bonds is 9. The summed E-state index contributed by atoms with van der Waals surface area (Å²) < 4.78 is 0. The molecule has 0 aromatic carbocycles. The van der Waals surface area contributed by atoms with Crippen molar-refractivity contribution >= 4 is 33.4 Å². The summed E-state index contributed by atoms with van der Waals surface area (Å²) in [5.41, 5.74) is 0. The molecule has 3 saturated heterocycles. The summed E-state index contributed by atoms with van der Waals surface area (Å²) in [6.45, 7) is 11.3. The zero-order chi connectivity index (χ0) is 21.6. The fraction of sp³-hybridized carbons (Fsp3) is 0.810. The predicted molar refractivity (Wildman–Crippen MR) is 123 cm³/mol. The molecule has 0 saturated carbocycles. The third kappa shape index (κ3) is 5.53. The Morgan fingerprint density at radius 2 is 1.77 bits per heavy atom. The van der Waals surface area contributed by atoms with Crippen LogP contribution < -0.4 is 15.1 Å². The summed E-state index contributed by atoms with van der Waals surface area (Å²) >= 11 is 1.42. The fourth-order valence-corrected chi connectivity index (χ4v) is 5.70. The van der Waals surface area contributed by atoms with Gasteiger partial charge in [-0.25, -0.2) is 0 Å². The number of carbonyl (C=O) groups excluding carboxylic acids is 2. The summed E-state index contributed by atoms with van der Waals surface area (Å²) in [6, 6.07) is -0.187. The second kappa shape index (κ2) is 10.7. The molecule has 0 spiro atoms. The highest BCUT2D eigenvalue weighted by Crippen LogP contribution is 2.33. The molecule has 1 aromatic heterocycles. The van der Waals surface area contributed by atoms with E-state index in [1.165, 1.54) is 24.3 Å². The topological polar surface area (TPSA) is 84.9 Å². The minimum absolute atomic E-state index is 0.0827. The van der Waals surface area contributed by atoms with Crippen LogP contribution in [0.2, 0.25) is 0 Å². The Labute approximate surface area is 188 Å². The van der Waals surface area contributed by atoms with E-state index in [9.17, 15) is 9.59 Å². The number of amides is 2. The molecule has 0 aliphatic carbocycles. The van der Waals surface area contributed by atoms with Gasteiger partial charge in [0.05, 0.1) is 0 Å². The maximum absolute atomic E-state index is 12.8. The normalized spacial score (nSPS) is 23.1. The van der Waals surface area contributed by atoms with Crippen molar-refractivity contribution in [3.63, 3.8) is 0 Å². The highest BCUT2D eigenvalue weighted by atomic mass is 32.1. The Morgan fingerprint density at radius 3 is 2.48 bits per heavy atom. The van der Waals surface area contributed by atoms with Gasteiger partial charge in [-0.3, -0.25) is 14.5 Å². The molecule has 2 amide bonds. The molecular weight excluding hydrogens is 414 g/mol. The van der Waals surface area contributed by atoms with Crippen molar-refractivity contribution in [2.45, 2.75) is 51.5 Å². The molecule has 10 heteroatoms. The molecule has 0 bridgehead atoms. The van der Waals surface area contributed by atoms with Crippen molar-refractivity contribution in [2.75, 3.05) is 68.7 Å². The zero-order valence-corrected chi connectivity index (χ0v) is 19.4. The first-order valence-electron chi connectivity index (χ1n) is 11.8. The first-order valence-corrected chi connectivity index (χ1v) is 12.6. The number of anilines is 2. The lowest BCUT2D eigenvalue weighted by atomic mass is 10.2. The van der Waals surface area contributed by atoms with Crippen molar-refractivity contribution in [1.82, 2.24) is 25.3 Å². The molecular formula is C21H35N7O2S. The number of nitrogens with one attached hydrogen (secondary N) is 1. The summed E-state index contributed by atoms with van der Waals surface area (Å²) in [5.74, 6) is 0.199. The molecule has 3 aliphatic rings. The van der Waals surface area contributed by atoms with Crippen LogP contribution in [-0.2, 0) is 9.59 Å². The van der Waals surface area contributed by atoms with E-state index in [-0.39, 0.29) is 17.9 Å². The molecule has 1 atom stereocenters. The standard InChI is InChI=1S/C21H35N7O2S/c1-2-9-25-13-15-26(16-14-25)10-5-8-22-19(30)17-6-3-11-27(17)20-23-24-21(31-20)28-12-4-7-18(28)29/h17H,2-16H2,1H3,(H,22,30)/t17-/m1/s1. The number of piperazine rings is 1. The molecule has 0 unspecified atom stereocenters. The Balaban J connectivity index is 1.21. The molecule has 3 fully saturated rings. The van der Waals surface area contributed by atoms with Crippen LogP contribution in [0.15, 0.2) is 0 Å². The van der Waals surface area contributed by atoms with Gasteiger partial charge in [0.2, 0.25) is 22.1 Å². The van der Waals surface area contributed by atoms with Gasteiger partial charge in [0.25, 0.3) is 0 Å². The first-order chi connectivity index (χ1) is 15.2. The van der Waals surface area contributed by atoms with E-state index in [4.69, 9.17) is 0 Å². The number of nitrogens with zero attached hydrogens (tertiary/aromatic N) is 6. The van der Waals surface area contributed by atoms with E-state index < -0.39 is 0 Å². The van der Waals surface area contributed by atoms with Crippen LogP contribution in [0.3, 0.4) is 0 Å². The fourth-order valence-electron chi connectivity index (χ4n) is 4.74. The molecule has 1 aromatic rings. The predicted octanol–water partition coefficient (Wildman–Crippen LogP) is 1.17. The van der Waals surface area contributed by atoms with Gasteiger partial charge in [-0.15, -0.1) is 10.2 Å². The largest absolute Gasteiger partial charge is 0.354 e. The van der Waals surface area contributed by atoms with Crippen molar-refractivity contribution in [2.24, 2.45) is 0 Å². The Hall–Kier alpha value is -1.78. The van der Waals surface area contributed by atoms with Crippen LogP contribution in [-0.4, -0.2) is 96.8 Å². The van der Waals surface area contributed by atoms with Crippen LogP contribution in [0.1, 0.15) is 45.4 Å². The lowest BCUT2D eigenvalue weighted by Crippen LogP contribution is -2.47. The molecule has 1 N–H and O–H groups in total. The van der Waals surface area contributed by atoms with Gasteiger partial charge in [0.15, 0.2) is 0 Å². The van der Waals surface area contributed by atoms with Crippen LogP contribution in [0.4, 0.5) is 10.3 Å². The van der Waals surface area contributed by atoms with E-state index in [1.807, 2.05) is 0 Å². The minimum Gasteiger partial charge on any atom is -0.354 e. The zero-order valence-electron chi connectivity index (χ0n) is 18.6. The van der Waals surface area contributed by atoms with Gasteiger partial charge in [-0.2, -0.15) is 0 Å². The van der Waals surface area contributed by atoms with E-state index in [1.54, 1.807) is 4.90 Å². The second-order valence-electron chi connectivity index (χ2n) is 8.70. The van der Waals surface area contributed by atoms with E-state index in [2.05, 4.69) is 37.1 Å². The smallest absolute Gasteiger partial charge is 0.242 e. The molecule has 31 heavy (non-hydrogen) atoms. The molecule has 3 aliphatic heterocycles. The third-order valence-corrected chi connectivity index (χ3v) is 7.45. The summed E-state index contributed by atoms with van der Waals surface area (Å²) in [6.07, 6.45) is 5.46. The number of hydrogen-bond donors (Lipinski definition) is 1. The number of hydrogen-bond acceptors (Lipinski definition) is 8.